The molecule has 0 saturated heterocycles. The number of aliphatic carboxylic acids is 1. The molecule has 11 heavy (non-hydrogen) atoms. The molecule has 0 amide bonds. The molecule has 65 valence electrons. The minimum atomic E-state index is -2.22. The third-order valence-electron chi connectivity index (χ3n) is 1.08. The van der Waals surface area contributed by atoms with Gasteiger partial charge in [0.25, 0.3) is 0 Å². The van der Waals surface area contributed by atoms with E-state index in [1.165, 1.54) is 13.8 Å². The van der Waals surface area contributed by atoms with Crippen LogP contribution in [0.4, 0.5) is 4.39 Å². The number of carboxylic acid groups (broad SMARTS) is 1. The molecule has 0 aromatic heterocycles. The summed E-state index contributed by atoms with van der Waals surface area (Å²) in [5, 5.41) is 8.33. The molecule has 0 unspecified atom stereocenters. The first kappa shape index (κ1) is 10.3. The summed E-state index contributed by atoms with van der Waals surface area (Å²) in [7, 11) is 0. The normalized spacial score (nSPS) is 13.2. The lowest BCUT2D eigenvalue weighted by molar-refractivity contribution is -0.145. The molecule has 0 aliphatic heterocycles. The van der Waals surface area contributed by atoms with E-state index in [0.717, 1.165) is 0 Å². The predicted octanol–water partition coefficient (Wildman–Crippen LogP) is 0.147. The van der Waals surface area contributed by atoms with Crippen molar-refractivity contribution in [1.82, 2.24) is 5.73 Å². The molecule has 0 spiro atoms. The molecule has 0 fully saturated rings. The molecule has 1 atom stereocenters. The van der Waals surface area contributed by atoms with Gasteiger partial charge in [-0.25, -0.2) is 14.9 Å². The summed E-state index contributed by atoms with van der Waals surface area (Å²) in [5.74, 6) is -1.51. The first-order valence-corrected chi connectivity index (χ1v) is 3.11. The topological polar surface area (TPSA) is 87.1 Å². The van der Waals surface area contributed by atoms with Gasteiger partial charge in [-0.2, -0.15) is 0 Å². The fraction of sp³-hybridized carbons (Fsp3) is 0.833. The molecule has 5 heteroatoms. The number of hydrogen-bond donors (Lipinski definition) is 2. The third-order valence-corrected chi connectivity index (χ3v) is 1.08. The van der Waals surface area contributed by atoms with Crippen LogP contribution in [-0.2, 0) is 4.79 Å². The Labute approximate surface area is 64.4 Å². The van der Waals surface area contributed by atoms with Gasteiger partial charge in [-0.1, -0.05) is 0 Å². The van der Waals surface area contributed by atoms with Gasteiger partial charge in [0.05, 0.1) is 0 Å². The summed E-state index contributed by atoms with van der Waals surface area (Å²) < 4.78 is 12.8. The molecule has 0 aliphatic carbocycles. The first-order chi connectivity index (χ1) is 4.65. The van der Waals surface area contributed by atoms with Crippen LogP contribution in [-0.4, -0.2) is 22.4 Å². The molecule has 1 radical (unpaired) electrons. The Morgan fingerprint density at radius 2 is 2.09 bits per heavy atom. The molecule has 0 aromatic carbocycles. The zero-order valence-electron chi connectivity index (χ0n) is 6.52. The third kappa shape index (κ3) is 3.90. The van der Waals surface area contributed by atoms with E-state index in [4.69, 9.17) is 16.6 Å². The summed E-state index contributed by atoms with van der Waals surface area (Å²) >= 11 is 0. The maximum absolute atomic E-state index is 12.8. The van der Waals surface area contributed by atoms with Crippen molar-refractivity contribution in [2.24, 2.45) is 5.73 Å². The van der Waals surface area contributed by atoms with Crippen molar-refractivity contribution < 1.29 is 14.3 Å². The lowest BCUT2D eigenvalue weighted by atomic mass is 9.97. The molecule has 0 aromatic rings. The van der Waals surface area contributed by atoms with Crippen molar-refractivity contribution >= 4 is 5.97 Å². The highest BCUT2D eigenvalue weighted by molar-refractivity contribution is 5.77. The average Bonchev–Trinajstić information content (AvgIpc) is 1.56. The number of carboxylic acids is 1. The van der Waals surface area contributed by atoms with E-state index in [1.807, 2.05) is 0 Å². The number of alkyl halides is 1. The quantitative estimate of drug-likeness (QED) is 0.620. The van der Waals surface area contributed by atoms with Crippen molar-refractivity contribution in [1.29, 1.82) is 0 Å². The van der Waals surface area contributed by atoms with Crippen LogP contribution in [0.3, 0.4) is 0 Å². The monoisotopic (exact) mass is 163 g/mol. The number of nitrogens with one attached hydrogen (secondary N) is 1. The summed E-state index contributed by atoms with van der Waals surface area (Å²) in [4.78, 5) is 10.2. The maximum atomic E-state index is 12.8. The summed E-state index contributed by atoms with van der Waals surface area (Å²) in [5.41, 5.74) is 8.00. The number of nitrogens with two attached hydrogens (primary N) is 1. The minimum Gasteiger partial charge on any atom is -0.479 e. The van der Waals surface area contributed by atoms with Crippen LogP contribution >= 0.6 is 0 Å². The zero-order chi connectivity index (χ0) is 9.28. The van der Waals surface area contributed by atoms with E-state index in [-0.39, 0.29) is 0 Å². The zero-order valence-corrected chi connectivity index (χ0v) is 6.52. The Bertz CT molecular complexity index is 162. The second-order valence-corrected chi connectivity index (χ2v) is 3.17. The van der Waals surface area contributed by atoms with E-state index < -0.39 is 23.7 Å². The van der Waals surface area contributed by atoms with Gasteiger partial charge in [0, 0.05) is 6.42 Å². The Morgan fingerprint density at radius 3 is 2.18 bits per heavy atom. The smallest absolute Gasteiger partial charge is 0.340 e. The van der Waals surface area contributed by atoms with Crippen LogP contribution in [0.15, 0.2) is 0 Å². The van der Waals surface area contributed by atoms with Crippen molar-refractivity contribution in [3.05, 3.63) is 0 Å². The maximum Gasteiger partial charge on any atom is 0.340 e. The molecule has 0 heterocycles. The number of halogens is 1. The molecule has 0 bridgehead atoms. The molecule has 0 aliphatic rings. The van der Waals surface area contributed by atoms with Crippen LogP contribution in [0.2, 0.25) is 0 Å². The van der Waals surface area contributed by atoms with E-state index in [9.17, 15) is 9.18 Å². The van der Waals surface area contributed by atoms with Crippen LogP contribution in [0.5, 0.6) is 0 Å². The summed E-state index contributed by atoms with van der Waals surface area (Å²) in [6.07, 6.45) is -0.519. The van der Waals surface area contributed by atoms with Gasteiger partial charge < -0.3 is 10.8 Å². The number of rotatable bonds is 3. The van der Waals surface area contributed by atoms with Crippen LogP contribution in [0.1, 0.15) is 20.3 Å². The Balaban J connectivity index is 4.25. The lowest BCUT2D eigenvalue weighted by Gasteiger charge is -2.24. The van der Waals surface area contributed by atoms with E-state index in [2.05, 4.69) is 0 Å². The Kier molecular flexibility index (Phi) is 2.58. The molecule has 0 rings (SSSR count). The molecule has 4 nitrogen and oxygen atoms in total. The first-order valence-electron chi connectivity index (χ1n) is 3.11. The highest BCUT2D eigenvalue weighted by atomic mass is 19.1. The SMILES string of the molecule is CC(C)(F)C[C@@]([NH])(N)C(=O)O. The largest absolute Gasteiger partial charge is 0.479 e. The standard InChI is InChI=1S/C6H12FN2O2/c1-5(2,7)3-6(8,9)4(10)11/h8H,3,9H2,1-2H3,(H,10,11)/t6-/m1/s1. The lowest BCUT2D eigenvalue weighted by Crippen LogP contribution is -2.52. The van der Waals surface area contributed by atoms with Crippen molar-refractivity contribution in [2.45, 2.75) is 31.6 Å². The van der Waals surface area contributed by atoms with Crippen LogP contribution < -0.4 is 11.5 Å². The van der Waals surface area contributed by atoms with E-state index in [1.54, 1.807) is 0 Å². The second-order valence-electron chi connectivity index (χ2n) is 3.17. The van der Waals surface area contributed by atoms with Crippen molar-refractivity contribution in [3.8, 4) is 0 Å². The van der Waals surface area contributed by atoms with E-state index in [0.29, 0.717) is 0 Å². The van der Waals surface area contributed by atoms with Gasteiger partial charge in [-0.3, -0.25) is 0 Å². The predicted molar refractivity (Wildman–Crippen MR) is 37.5 cm³/mol. The fourth-order valence-corrected chi connectivity index (χ4v) is 0.739. The van der Waals surface area contributed by atoms with Crippen LogP contribution in [0, 0.1) is 0 Å². The highest BCUT2D eigenvalue weighted by Gasteiger charge is 2.36. The van der Waals surface area contributed by atoms with Gasteiger partial charge in [0.15, 0.2) is 5.66 Å². The molecular weight excluding hydrogens is 151 g/mol. The van der Waals surface area contributed by atoms with E-state index >= 15 is 0 Å². The van der Waals surface area contributed by atoms with Crippen molar-refractivity contribution in [2.75, 3.05) is 0 Å². The average molecular weight is 163 g/mol. The van der Waals surface area contributed by atoms with Crippen molar-refractivity contribution in [3.63, 3.8) is 0 Å². The second kappa shape index (κ2) is 2.75. The Hall–Kier alpha value is -0.680. The highest BCUT2D eigenvalue weighted by Crippen LogP contribution is 2.19. The number of hydrogen-bond acceptors (Lipinski definition) is 2. The molecule has 0 saturated carbocycles. The van der Waals surface area contributed by atoms with Gasteiger partial charge >= 0.3 is 5.97 Å². The molecular formula is C6H12FN2O2. The fourth-order valence-electron chi connectivity index (χ4n) is 0.739. The minimum absolute atomic E-state index is 0.519. The summed E-state index contributed by atoms with van der Waals surface area (Å²) in [6, 6.07) is 0. The van der Waals surface area contributed by atoms with Crippen LogP contribution in [0.25, 0.3) is 0 Å². The Morgan fingerprint density at radius 1 is 1.73 bits per heavy atom. The van der Waals surface area contributed by atoms with Gasteiger partial charge in [0.1, 0.15) is 5.67 Å². The summed E-state index contributed by atoms with van der Waals surface area (Å²) in [6.45, 7) is 2.37. The van der Waals surface area contributed by atoms with Gasteiger partial charge in [-0.05, 0) is 13.8 Å². The van der Waals surface area contributed by atoms with Gasteiger partial charge in [-0.15, -0.1) is 0 Å². The number of carbonyl (C=O) groups is 1. The molecule has 4 N–H and O–H groups in total. The van der Waals surface area contributed by atoms with Gasteiger partial charge in [0.2, 0.25) is 0 Å².